The van der Waals surface area contributed by atoms with Gasteiger partial charge >= 0.3 is 6.18 Å². The molecule has 0 spiro atoms. The summed E-state index contributed by atoms with van der Waals surface area (Å²) in [5, 5.41) is 6.19. The summed E-state index contributed by atoms with van der Waals surface area (Å²) >= 11 is 0. The fourth-order valence-corrected chi connectivity index (χ4v) is 3.92. The lowest BCUT2D eigenvalue weighted by molar-refractivity contribution is -0.141. The van der Waals surface area contributed by atoms with Gasteiger partial charge in [0.05, 0.1) is 11.7 Å². The maximum absolute atomic E-state index is 12.9. The average molecular weight is 431 g/mol. The van der Waals surface area contributed by atoms with E-state index in [1.165, 1.54) is 7.05 Å². The van der Waals surface area contributed by atoms with Crippen LogP contribution in [0.25, 0.3) is 11.5 Å². The van der Waals surface area contributed by atoms with Crippen molar-refractivity contribution in [3.05, 3.63) is 52.9 Å². The highest BCUT2D eigenvalue weighted by atomic mass is 19.4. The third-order valence-corrected chi connectivity index (χ3v) is 5.68. The van der Waals surface area contributed by atoms with E-state index in [0.717, 1.165) is 53.4 Å². The van der Waals surface area contributed by atoms with Crippen molar-refractivity contribution in [3.63, 3.8) is 0 Å². The molecule has 3 heterocycles. The molecule has 3 aromatic rings. The summed E-state index contributed by atoms with van der Waals surface area (Å²) in [6, 6.07) is 4.11. The summed E-state index contributed by atoms with van der Waals surface area (Å²) in [5.74, 6) is 0.881. The van der Waals surface area contributed by atoms with Gasteiger partial charge in [0.15, 0.2) is 5.69 Å². The van der Waals surface area contributed by atoms with Gasteiger partial charge in [0.1, 0.15) is 11.5 Å². The van der Waals surface area contributed by atoms with E-state index in [1.807, 2.05) is 12.1 Å². The Morgan fingerprint density at radius 2 is 2.06 bits per heavy atom. The van der Waals surface area contributed by atoms with E-state index in [4.69, 9.17) is 4.42 Å². The molecule has 0 aromatic carbocycles. The molecule has 0 saturated heterocycles. The maximum atomic E-state index is 12.9. The summed E-state index contributed by atoms with van der Waals surface area (Å²) in [6.07, 6.45) is 1.51. The van der Waals surface area contributed by atoms with Crippen molar-refractivity contribution >= 4 is 5.91 Å². The monoisotopic (exact) mass is 431 g/mol. The number of fused-ring (bicyclic) bond motifs is 1. The number of hydrogen-bond acceptors (Lipinski definition) is 5. The molecule has 1 atom stereocenters. The number of nitrogens with one attached hydrogen (secondary N) is 1. The van der Waals surface area contributed by atoms with Crippen LogP contribution in [0.3, 0.4) is 0 Å². The zero-order valence-corrected chi connectivity index (χ0v) is 16.7. The highest BCUT2D eigenvalue weighted by Gasteiger charge is 2.36. The van der Waals surface area contributed by atoms with E-state index in [2.05, 4.69) is 20.4 Å². The minimum Gasteiger partial charge on any atom is -0.439 e. The lowest BCUT2D eigenvalue weighted by atomic mass is 9.97. The van der Waals surface area contributed by atoms with Crippen LogP contribution in [0.5, 0.6) is 0 Å². The summed E-state index contributed by atoms with van der Waals surface area (Å²) < 4.78 is 45.7. The second kappa shape index (κ2) is 7.21. The molecule has 0 aliphatic heterocycles. The number of hydrogen-bond donors (Lipinski definition) is 1. The minimum atomic E-state index is -4.61. The SMILES string of the molecule is Cn1nc(C(F)(F)F)cc1C(=O)N[C@@H]1CCCc2nc(-c3ccnc(C4CC4)c3)oc21. The van der Waals surface area contributed by atoms with Gasteiger partial charge in [-0.1, -0.05) is 0 Å². The van der Waals surface area contributed by atoms with Crippen LogP contribution in [0, 0.1) is 0 Å². The highest BCUT2D eigenvalue weighted by Crippen LogP contribution is 2.40. The van der Waals surface area contributed by atoms with E-state index in [1.54, 1.807) is 6.20 Å². The number of halogens is 3. The molecule has 3 aromatic heterocycles. The molecule has 1 amide bonds. The molecule has 10 heteroatoms. The van der Waals surface area contributed by atoms with Gasteiger partial charge in [-0.2, -0.15) is 18.3 Å². The number of rotatable bonds is 4. The topological polar surface area (TPSA) is 85.8 Å². The number of carbonyl (C=O) groups is 1. The Labute approximate surface area is 175 Å². The van der Waals surface area contributed by atoms with Gasteiger partial charge in [-0.3, -0.25) is 14.5 Å². The first-order chi connectivity index (χ1) is 14.8. The van der Waals surface area contributed by atoms with Gasteiger partial charge in [0.25, 0.3) is 5.91 Å². The first kappa shape index (κ1) is 19.8. The lowest BCUT2D eigenvalue weighted by Gasteiger charge is -2.21. The van der Waals surface area contributed by atoms with Gasteiger partial charge in [-0.15, -0.1) is 0 Å². The van der Waals surface area contributed by atoms with Crippen LogP contribution in [0.2, 0.25) is 0 Å². The van der Waals surface area contributed by atoms with Crippen LogP contribution in [-0.4, -0.2) is 25.7 Å². The fraction of sp³-hybridized carbons (Fsp3) is 0.429. The number of oxazole rings is 1. The van der Waals surface area contributed by atoms with Crippen molar-refractivity contribution in [2.24, 2.45) is 7.05 Å². The number of pyridine rings is 1. The molecule has 7 nitrogen and oxygen atoms in total. The summed E-state index contributed by atoms with van der Waals surface area (Å²) in [5.41, 5.74) is 1.35. The first-order valence-corrected chi connectivity index (χ1v) is 10.2. The van der Waals surface area contributed by atoms with Crippen LogP contribution >= 0.6 is 0 Å². The van der Waals surface area contributed by atoms with E-state index in [9.17, 15) is 18.0 Å². The third kappa shape index (κ3) is 3.82. The molecule has 5 rings (SSSR count). The number of nitrogens with zero attached hydrogens (tertiary/aromatic N) is 4. The zero-order valence-electron chi connectivity index (χ0n) is 16.7. The Morgan fingerprint density at radius 3 is 2.77 bits per heavy atom. The highest BCUT2D eigenvalue weighted by molar-refractivity contribution is 5.93. The predicted molar refractivity (Wildman–Crippen MR) is 103 cm³/mol. The molecule has 1 saturated carbocycles. The van der Waals surface area contributed by atoms with Gasteiger partial charge in [-0.05, 0) is 44.2 Å². The lowest BCUT2D eigenvalue weighted by Crippen LogP contribution is -2.31. The summed E-state index contributed by atoms with van der Waals surface area (Å²) in [7, 11) is 1.31. The number of carbonyl (C=O) groups excluding carboxylic acids is 1. The minimum absolute atomic E-state index is 0.164. The molecule has 1 N–H and O–H groups in total. The summed E-state index contributed by atoms with van der Waals surface area (Å²) in [6.45, 7) is 0. The Kier molecular flexibility index (Phi) is 4.60. The van der Waals surface area contributed by atoms with Gasteiger partial charge in [0, 0.05) is 36.5 Å². The molecular formula is C21H20F3N5O2. The molecule has 2 aliphatic carbocycles. The fourth-order valence-electron chi connectivity index (χ4n) is 3.92. The summed E-state index contributed by atoms with van der Waals surface area (Å²) in [4.78, 5) is 21.7. The van der Waals surface area contributed by atoms with Crippen LogP contribution in [0.15, 0.2) is 28.8 Å². The maximum Gasteiger partial charge on any atom is 0.435 e. The van der Waals surface area contributed by atoms with Crippen molar-refractivity contribution in [2.45, 2.75) is 50.2 Å². The predicted octanol–water partition coefficient (Wildman–Crippen LogP) is 4.17. The van der Waals surface area contributed by atoms with E-state index < -0.39 is 23.8 Å². The Morgan fingerprint density at radius 1 is 1.26 bits per heavy atom. The standard InChI is InChI=1S/C21H20F3N5O2/c1-29-16(10-17(28-29)21(22,23)24)19(30)26-13-3-2-4-14-18(13)31-20(27-14)12-7-8-25-15(9-12)11-5-6-11/h7-11,13H,2-6H2,1H3,(H,26,30)/t13-/m1/s1. The van der Waals surface area contributed by atoms with Crippen molar-refractivity contribution in [3.8, 4) is 11.5 Å². The van der Waals surface area contributed by atoms with Crippen LogP contribution in [0.4, 0.5) is 13.2 Å². The molecule has 1 fully saturated rings. The molecule has 2 aliphatic rings. The van der Waals surface area contributed by atoms with E-state index in [0.29, 0.717) is 24.0 Å². The molecule has 31 heavy (non-hydrogen) atoms. The van der Waals surface area contributed by atoms with Crippen molar-refractivity contribution in [1.82, 2.24) is 25.1 Å². The molecule has 0 unspecified atom stereocenters. The van der Waals surface area contributed by atoms with E-state index in [-0.39, 0.29) is 5.69 Å². The first-order valence-electron chi connectivity index (χ1n) is 10.2. The molecule has 0 bridgehead atoms. The van der Waals surface area contributed by atoms with Gasteiger partial charge in [0.2, 0.25) is 5.89 Å². The molecular weight excluding hydrogens is 411 g/mol. The third-order valence-electron chi connectivity index (χ3n) is 5.68. The number of aromatic nitrogens is 4. The second-order valence-corrected chi connectivity index (χ2v) is 8.03. The van der Waals surface area contributed by atoms with Crippen molar-refractivity contribution < 1.29 is 22.4 Å². The van der Waals surface area contributed by atoms with E-state index >= 15 is 0 Å². The van der Waals surface area contributed by atoms with Crippen LogP contribution < -0.4 is 5.32 Å². The van der Waals surface area contributed by atoms with Crippen molar-refractivity contribution in [1.29, 1.82) is 0 Å². The quantitative estimate of drug-likeness (QED) is 0.670. The van der Waals surface area contributed by atoms with Gasteiger partial charge < -0.3 is 9.73 Å². The van der Waals surface area contributed by atoms with Crippen LogP contribution in [-0.2, 0) is 19.6 Å². The molecule has 0 radical (unpaired) electrons. The second-order valence-electron chi connectivity index (χ2n) is 8.03. The number of aryl methyl sites for hydroxylation is 2. The Bertz CT molecular complexity index is 1150. The van der Waals surface area contributed by atoms with Gasteiger partial charge in [-0.25, -0.2) is 4.98 Å². The number of amides is 1. The normalized spacial score (nSPS) is 18.6. The molecule has 162 valence electrons. The largest absolute Gasteiger partial charge is 0.439 e. The Hall–Kier alpha value is -3.17. The zero-order chi connectivity index (χ0) is 21.8. The average Bonchev–Trinajstić information content (AvgIpc) is 3.35. The van der Waals surface area contributed by atoms with Crippen LogP contribution in [0.1, 0.15) is 71.0 Å². The Balaban J connectivity index is 1.39. The van der Waals surface area contributed by atoms with Crippen molar-refractivity contribution in [2.75, 3.05) is 0 Å². The smallest absolute Gasteiger partial charge is 0.435 e. The number of alkyl halides is 3.